The van der Waals surface area contributed by atoms with Crippen molar-refractivity contribution in [2.24, 2.45) is 0 Å². The summed E-state index contributed by atoms with van der Waals surface area (Å²) in [7, 11) is 0. The number of fused-ring (bicyclic) bond motifs is 1. The summed E-state index contributed by atoms with van der Waals surface area (Å²) in [5.41, 5.74) is 0.734. The van der Waals surface area contributed by atoms with E-state index >= 15 is 0 Å². The standard InChI is InChI=1S/C16H20O4/c1-9(2)5-6-11-8-12(17)15-16(20-15,14(11)19)13(18)7-10(3)4/h7-8,12-15,17-19H,1H2,2-4H3/t12-,13-,14-,15+,16-/m1/s1. The smallest absolute Gasteiger partial charge is 0.157 e. The molecular weight excluding hydrogens is 256 g/mol. The molecule has 3 N–H and O–H groups in total. The third-order valence-corrected chi connectivity index (χ3v) is 3.47. The Balaban J connectivity index is 2.32. The van der Waals surface area contributed by atoms with Gasteiger partial charge in [0.15, 0.2) is 5.60 Å². The molecule has 1 aliphatic carbocycles. The van der Waals surface area contributed by atoms with Crippen molar-refractivity contribution >= 4 is 0 Å². The SMILES string of the molecule is C=C(C)C#CC1=C[C@@H](O)[C@@H]2O[C@]2([C@H](O)C=C(C)C)[C@@H]1O. The number of allylic oxidation sites excluding steroid dienone is 2. The third-order valence-electron chi connectivity index (χ3n) is 3.47. The molecule has 0 spiro atoms. The number of epoxide rings is 1. The average Bonchev–Trinajstić information content (AvgIpc) is 3.08. The predicted molar refractivity (Wildman–Crippen MR) is 75.7 cm³/mol. The first-order chi connectivity index (χ1) is 9.29. The predicted octanol–water partition coefficient (Wildman–Crippen LogP) is 0.692. The highest BCUT2D eigenvalue weighted by molar-refractivity contribution is 5.46. The second kappa shape index (κ2) is 5.19. The van der Waals surface area contributed by atoms with Crippen molar-refractivity contribution in [1.29, 1.82) is 0 Å². The molecule has 4 heteroatoms. The molecule has 4 nitrogen and oxygen atoms in total. The average molecular weight is 276 g/mol. The quantitative estimate of drug-likeness (QED) is 0.394. The molecule has 1 heterocycles. The molecule has 0 aromatic heterocycles. The molecule has 0 saturated carbocycles. The maximum atomic E-state index is 10.4. The van der Waals surface area contributed by atoms with Crippen molar-refractivity contribution in [3.05, 3.63) is 35.5 Å². The maximum Gasteiger partial charge on any atom is 0.157 e. The zero-order valence-electron chi connectivity index (χ0n) is 11.9. The van der Waals surface area contributed by atoms with Crippen LogP contribution in [-0.4, -0.2) is 45.3 Å². The van der Waals surface area contributed by atoms with Gasteiger partial charge in [-0.3, -0.25) is 0 Å². The van der Waals surface area contributed by atoms with Gasteiger partial charge in [0, 0.05) is 5.57 Å². The zero-order valence-corrected chi connectivity index (χ0v) is 11.9. The van der Waals surface area contributed by atoms with Crippen LogP contribution in [0.3, 0.4) is 0 Å². The lowest BCUT2D eigenvalue weighted by Crippen LogP contribution is -2.48. The first-order valence-electron chi connectivity index (χ1n) is 6.55. The second-order valence-electron chi connectivity index (χ2n) is 5.63. The highest BCUT2D eigenvalue weighted by atomic mass is 16.6. The molecule has 0 bridgehead atoms. The Morgan fingerprint density at radius 3 is 2.65 bits per heavy atom. The van der Waals surface area contributed by atoms with Gasteiger partial charge in [-0.25, -0.2) is 0 Å². The van der Waals surface area contributed by atoms with Crippen LogP contribution in [0.5, 0.6) is 0 Å². The number of ether oxygens (including phenoxy) is 1. The van der Waals surface area contributed by atoms with Crippen LogP contribution in [-0.2, 0) is 4.74 Å². The van der Waals surface area contributed by atoms with Crippen LogP contribution in [0.1, 0.15) is 20.8 Å². The van der Waals surface area contributed by atoms with E-state index in [2.05, 4.69) is 18.4 Å². The zero-order chi connectivity index (χ0) is 15.1. The topological polar surface area (TPSA) is 73.2 Å². The first kappa shape index (κ1) is 15.0. The van der Waals surface area contributed by atoms with Gasteiger partial charge in [0.2, 0.25) is 0 Å². The van der Waals surface area contributed by atoms with Gasteiger partial charge in [0.05, 0.1) is 0 Å². The Hall–Kier alpha value is -1.38. The third kappa shape index (κ3) is 2.46. The van der Waals surface area contributed by atoms with Crippen LogP contribution >= 0.6 is 0 Å². The van der Waals surface area contributed by atoms with Gasteiger partial charge in [0.1, 0.15) is 24.4 Å². The Labute approximate surface area is 119 Å². The minimum Gasteiger partial charge on any atom is -0.386 e. The molecule has 1 fully saturated rings. The first-order valence-corrected chi connectivity index (χ1v) is 6.55. The van der Waals surface area contributed by atoms with Crippen LogP contribution in [0.4, 0.5) is 0 Å². The number of hydrogen-bond acceptors (Lipinski definition) is 4. The van der Waals surface area contributed by atoms with E-state index in [0.29, 0.717) is 11.1 Å². The number of hydrogen-bond donors (Lipinski definition) is 3. The fourth-order valence-corrected chi connectivity index (χ4v) is 2.48. The largest absolute Gasteiger partial charge is 0.386 e. The van der Waals surface area contributed by atoms with E-state index < -0.39 is 30.0 Å². The van der Waals surface area contributed by atoms with E-state index in [1.165, 1.54) is 6.08 Å². The number of rotatable bonds is 2. The summed E-state index contributed by atoms with van der Waals surface area (Å²) in [5, 5.41) is 30.7. The van der Waals surface area contributed by atoms with Gasteiger partial charge in [-0.1, -0.05) is 30.1 Å². The van der Waals surface area contributed by atoms with Crippen molar-refractivity contribution in [3.63, 3.8) is 0 Å². The van der Waals surface area contributed by atoms with Crippen LogP contribution in [0.2, 0.25) is 0 Å². The van der Waals surface area contributed by atoms with Crippen molar-refractivity contribution in [2.75, 3.05) is 0 Å². The molecule has 0 radical (unpaired) electrons. The van der Waals surface area contributed by atoms with Crippen molar-refractivity contribution < 1.29 is 20.1 Å². The molecule has 20 heavy (non-hydrogen) atoms. The van der Waals surface area contributed by atoms with E-state index in [-0.39, 0.29) is 0 Å². The molecule has 1 saturated heterocycles. The van der Waals surface area contributed by atoms with E-state index in [1.54, 1.807) is 13.0 Å². The van der Waals surface area contributed by atoms with Crippen molar-refractivity contribution in [2.45, 2.75) is 50.8 Å². The highest BCUT2D eigenvalue weighted by Gasteiger charge is 2.70. The van der Waals surface area contributed by atoms with Gasteiger partial charge >= 0.3 is 0 Å². The Morgan fingerprint density at radius 1 is 1.45 bits per heavy atom. The van der Waals surface area contributed by atoms with Crippen LogP contribution < -0.4 is 0 Å². The van der Waals surface area contributed by atoms with Crippen molar-refractivity contribution in [1.82, 2.24) is 0 Å². The summed E-state index contributed by atoms with van der Waals surface area (Å²) in [6, 6.07) is 0. The van der Waals surface area contributed by atoms with Crippen LogP contribution in [0.25, 0.3) is 0 Å². The molecule has 2 aliphatic rings. The molecule has 0 aromatic carbocycles. The lowest BCUT2D eigenvalue weighted by molar-refractivity contribution is 0.0246. The Bertz CT molecular complexity index is 545. The highest BCUT2D eigenvalue weighted by Crippen LogP contribution is 2.50. The summed E-state index contributed by atoms with van der Waals surface area (Å²) < 4.78 is 5.45. The summed E-state index contributed by atoms with van der Waals surface area (Å²) in [6.07, 6.45) is -0.436. The van der Waals surface area contributed by atoms with Gasteiger partial charge in [0.25, 0.3) is 0 Å². The Morgan fingerprint density at radius 2 is 2.10 bits per heavy atom. The van der Waals surface area contributed by atoms with E-state index in [1.807, 2.05) is 13.8 Å². The van der Waals surface area contributed by atoms with Gasteiger partial charge < -0.3 is 20.1 Å². The van der Waals surface area contributed by atoms with E-state index in [9.17, 15) is 15.3 Å². The van der Waals surface area contributed by atoms with Gasteiger partial charge in [-0.05, 0) is 32.4 Å². The van der Waals surface area contributed by atoms with Crippen LogP contribution in [0, 0.1) is 11.8 Å². The molecule has 5 atom stereocenters. The van der Waals surface area contributed by atoms with E-state index in [4.69, 9.17) is 4.74 Å². The second-order valence-corrected chi connectivity index (χ2v) is 5.63. The molecule has 2 rings (SSSR count). The maximum absolute atomic E-state index is 10.4. The number of aliphatic hydroxyl groups excluding tert-OH is 3. The molecule has 0 unspecified atom stereocenters. The van der Waals surface area contributed by atoms with Crippen molar-refractivity contribution in [3.8, 4) is 11.8 Å². The van der Waals surface area contributed by atoms with Crippen LogP contribution in [0.15, 0.2) is 35.5 Å². The number of aliphatic hydroxyl groups is 3. The van der Waals surface area contributed by atoms with E-state index in [0.717, 1.165) is 5.57 Å². The minimum atomic E-state index is -1.19. The fourth-order valence-electron chi connectivity index (χ4n) is 2.48. The summed E-state index contributed by atoms with van der Waals surface area (Å²) in [6.45, 7) is 9.12. The molecule has 0 aromatic rings. The monoisotopic (exact) mass is 276 g/mol. The molecule has 108 valence electrons. The fraction of sp³-hybridized carbons (Fsp3) is 0.500. The lowest BCUT2D eigenvalue weighted by atomic mass is 9.80. The molecule has 0 amide bonds. The molecular formula is C16H20O4. The Kier molecular flexibility index (Phi) is 3.90. The molecule has 1 aliphatic heterocycles. The summed E-state index contributed by atoms with van der Waals surface area (Å²) in [5.74, 6) is 5.55. The minimum absolute atomic E-state index is 0.357. The summed E-state index contributed by atoms with van der Waals surface area (Å²) in [4.78, 5) is 0. The normalized spacial score (nSPS) is 35.9. The summed E-state index contributed by atoms with van der Waals surface area (Å²) >= 11 is 0. The van der Waals surface area contributed by atoms with Gasteiger partial charge in [-0.15, -0.1) is 0 Å². The van der Waals surface area contributed by atoms with Gasteiger partial charge in [-0.2, -0.15) is 0 Å². The lowest BCUT2D eigenvalue weighted by Gasteiger charge is -2.28.